The topological polar surface area (TPSA) is 55.0 Å². The lowest BCUT2D eigenvalue weighted by Gasteiger charge is -2.30. The van der Waals surface area contributed by atoms with Gasteiger partial charge < -0.3 is 10.6 Å². The quantitative estimate of drug-likeness (QED) is 0.854. The summed E-state index contributed by atoms with van der Waals surface area (Å²) in [5, 5.41) is 0. The Labute approximate surface area is 103 Å². The zero-order valence-electron chi connectivity index (χ0n) is 11.2. The summed E-state index contributed by atoms with van der Waals surface area (Å²) in [4.78, 5) is 11.3. The molecule has 2 heterocycles. The minimum Gasteiger partial charge on any atom is -0.383 e. The first-order valence-electron chi connectivity index (χ1n) is 6.43. The van der Waals surface area contributed by atoms with E-state index in [1.165, 1.54) is 12.8 Å². The van der Waals surface area contributed by atoms with Gasteiger partial charge in [-0.3, -0.25) is 0 Å². The molecule has 0 amide bonds. The summed E-state index contributed by atoms with van der Waals surface area (Å²) in [7, 11) is 0. The van der Waals surface area contributed by atoms with Crippen molar-refractivity contribution in [3.63, 3.8) is 0 Å². The van der Waals surface area contributed by atoms with Crippen LogP contribution in [0.4, 0.5) is 11.6 Å². The molecule has 1 aliphatic heterocycles. The molecule has 2 N–H and O–H groups in total. The van der Waals surface area contributed by atoms with Gasteiger partial charge in [-0.05, 0) is 40.0 Å². The van der Waals surface area contributed by atoms with Crippen LogP contribution in [0.1, 0.15) is 44.5 Å². The van der Waals surface area contributed by atoms with Crippen LogP contribution in [0.3, 0.4) is 0 Å². The summed E-state index contributed by atoms with van der Waals surface area (Å²) in [5.41, 5.74) is 6.96. The van der Waals surface area contributed by atoms with Gasteiger partial charge in [0.1, 0.15) is 17.5 Å². The molecule has 2 atom stereocenters. The normalized spacial score (nSPS) is 24.4. The molecule has 4 nitrogen and oxygen atoms in total. The van der Waals surface area contributed by atoms with Gasteiger partial charge in [-0.1, -0.05) is 6.92 Å². The van der Waals surface area contributed by atoms with Gasteiger partial charge in [0.2, 0.25) is 0 Å². The van der Waals surface area contributed by atoms with Gasteiger partial charge in [0.25, 0.3) is 0 Å². The Hall–Kier alpha value is -1.32. The summed E-state index contributed by atoms with van der Waals surface area (Å²) in [5.74, 6) is 2.41. The molecule has 4 heteroatoms. The molecule has 2 unspecified atom stereocenters. The van der Waals surface area contributed by atoms with Crippen molar-refractivity contribution in [1.29, 1.82) is 0 Å². The first-order valence-corrected chi connectivity index (χ1v) is 6.43. The van der Waals surface area contributed by atoms with Crippen molar-refractivity contribution >= 4 is 11.6 Å². The van der Waals surface area contributed by atoms with E-state index in [2.05, 4.69) is 28.7 Å². The van der Waals surface area contributed by atoms with Crippen molar-refractivity contribution in [2.45, 2.75) is 59.0 Å². The Morgan fingerprint density at radius 1 is 1.29 bits per heavy atom. The van der Waals surface area contributed by atoms with E-state index in [9.17, 15) is 0 Å². The molecule has 0 saturated carbocycles. The summed E-state index contributed by atoms with van der Waals surface area (Å²) in [6, 6.07) is 1.14. The van der Waals surface area contributed by atoms with Crippen molar-refractivity contribution in [2.75, 3.05) is 10.6 Å². The maximum absolute atomic E-state index is 5.94. The third-order valence-corrected chi connectivity index (χ3v) is 3.77. The molecule has 0 bridgehead atoms. The molecular weight excluding hydrogens is 212 g/mol. The molecule has 94 valence electrons. The Kier molecular flexibility index (Phi) is 3.22. The molecule has 1 aromatic rings. The molecule has 1 saturated heterocycles. The van der Waals surface area contributed by atoms with Crippen molar-refractivity contribution in [3.05, 3.63) is 11.4 Å². The number of rotatable bonds is 2. The number of nitrogen functional groups attached to an aromatic ring is 1. The molecule has 0 radical (unpaired) electrons. The van der Waals surface area contributed by atoms with E-state index in [4.69, 9.17) is 5.73 Å². The minimum atomic E-state index is 0.548. The van der Waals surface area contributed by atoms with Crippen LogP contribution in [-0.4, -0.2) is 22.1 Å². The van der Waals surface area contributed by atoms with Crippen LogP contribution in [-0.2, 0) is 0 Å². The summed E-state index contributed by atoms with van der Waals surface area (Å²) in [6.45, 7) is 8.42. The van der Waals surface area contributed by atoms with E-state index < -0.39 is 0 Å². The number of aryl methyl sites for hydroxylation is 1. The molecule has 17 heavy (non-hydrogen) atoms. The van der Waals surface area contributed by atoms with Crippen LogP contribution in [0, 0.1) is 13.8 Å². The zero-order chi connectivity index (χ0) is 12.6. The minimum absolute atomic E-state index is 0.548. The largest absolute Gasteiger partial charge is 0.383 e. The maximum Gasteiger partial charge on any atom is 0.137 e. The van der Waals surface area contributed by atoms with Crippen LogP contribution in [0.25, 0.3) is 0 Å². The monoisotopic (exact) mass is 234 g/mol. The Morgan fingerprint density at radius 3 is 2.65 bits per heavy atom. The van der Waals surface area contributed by atoms with Gasteiger partial charge in [-0.25, -0.2) is 9.97 Å². The highest BCUT2D eigenvalue weighted by molar-refractivity contribution is 5.58. The first kappa shape index (κ1) is 12.1. The molecule has 2 rings (SSSR count). The van der Waals surface area contributed by atoms with E-state index in [-0.39, 0.29) is 0 Å². The first-order chi connectivity index (χ1) is 8.04. The second-order valence-corrected chi connectivity index (χ2v) is 5.00. The van der Waals surface area contributed by atoms with Crippen molar-refractivity contribution in [1.82, 2.24) is 9.97 Å². The van der Waals surface area contributed by atoms with Gasteiger partial charge >= 0.3 is 0 Å². The van der Waals surface area contributed by atoms with Crippen molar-refractivity contribution < 1.29 is 0 Å². The lowest BCUT2D eigenvalue weighted by Crippen LogP contribution is -2.35. The average Bonchev–Trinajstić information content (AvgIpc) is 2.65. The van der Waals surface area contributed by atoms with Crippen molar-refractivity contribution in [2.24, 2.45) is 0 Å². The third kappa shape index (κ3) is 2.08. The summed E-state index contributed by atoms with van der Waals surface area (Å²) >= 11 is 0. The van der Waals surface area contributed by atoms with E-state index in [1.807, 2.05) is 13.8 Å². The van der Waals surface area contributed by atoms with E-state index in [0.717, 1.165) is 23.6 Å². The highest BCUT2D eigenvalue weighted by Gasteiger charge is 2.31. The fourth-order valence-electron chi connectivity index (χ4n) is 2.74. The van der Waals surface area contributed by atoms with E-state index in [1.54, 1.807) is 0 Å². The molecule has 1 fully saturated rings. The van der Waals surface area contributed by atoms with Gasteiger partial charge in [0.05, 0.1) is 0 Å². The SMILES string of the molecule is CCC1CCC(C)N1c1nc(C)nc(N)c1C. The number of nitrogens with two attached hydrogens (primary N) is 1. The van der Waals surface area contributed by atoms with Gasteiger partial charge in [0.15, 0.2) is 0 Å². The fraction of sp³-hybridized carbons (Fsp3) is 0.692. The van der Waals surface area contributed by atoms with Crippen molar-refractivity contribution in [3.8, 4) is 0 Å². The van der Waals surface area contributed by atoms with E-state index in [0.29, 0.717) is 17.9 Å². The second kappa shape index (κ2) is 4.51. The molecule has 1 aliphatic rings. The Balaban J connectivity index is 2.45. The Bertz CT molecular complexity index is 416. The fourth-order valence-corrected chi connectivity index (χ4v) is 2.74. The third-order valence-electron chi connectivity index (χ3n) is 3.77. The highest BCUT2D eigenvalue weighted by Crippen LogP contribution is 2.33. The summed E-state index contributed by atoms with van der Waals surface area (Å²) < 4.78 is 0. The predicted molar refractivity (Wildman–Crippen MR) is 71.2 cm³/mol. The average molecular weight is 234 g/mol. The second-order valence-electron chi connectivity index (χ2n) is 5.00. The smallest absolute Gasteiger partial charge is 0.137 e. The molecule has 0 spiro atoms. The van der Waals surface area contributed by atoms with Gasteiger partial charge in [-0.15, -0.1) is 0 Å². The standard InChI is InChI=1S/C13H22N4/c1-5-11-7-6-8(2)17(11)13-9(3)12(14)15-10(4)16-13/h8,11H,5-7H2,1-4H3,(H2,14,15,16). The summed E-state index contributed by atoms with van der Waals surface area (Å²) in [6.07, 6.45) is 3.65. The molecular formula is C13H22N4. The maximum atomic E-state index is 5.94. The number of hydrogen-bond acceptors (Lipinski definition) is 4. The lowest BCUT2D eigenvalue weighted by atomic mass is 10.1. The number of nitrogens with zero attached hydrogens (tertiary/aromatic N) is 3. The van der Waals surface area contributed by atoms with Gasteiger partial charge in [0, 0.05) is 17.6 Å². The number of hydrogen-bond donors (Lipinski definition) is 1. The van der Waals surface area contributed by atoms with Crippen LogP contribution < -0.4 is 10.6 Å². The van der Waals surface area contributed by atoms with Crippen LogP contribution in [0.15, 0.2) is 0 Å². The van der Waals surface area contributed by atoms with Gasteiger partial charge in [-0.2, -0.15) is 0 Å². The molecule has 0 aliphatic carbocycles. The van der Waals surface area contributed by atoms with E-state index >= 15 is 0 Å². The predicted octanol–water partition coefficient (Wildman–Crippen LogP) is 2.44. The Morgan fingerprint density at radius 2 is 2.00 bits per heavy atom. The van der Waals surface area contributed by atoms with Crippen LogP contribution >= 0.6 is 0 Å². The highest BCUT2D eigenvalue weighted by atomic mass is 15.3. The molecule has 0 aromatic carbocycles. The number of aromatic nitrogens is 2. The number of anilines is 2. The molecule has 1 aromatic heterocycles. The zero-order valence-corrected chi connectivity index (χ0v) is 11.2. The van der Waals surface area contributed by atoms with Crippen LogP contribution in [0.5, 0.6) is 0 Å². The lowest BCUT2D eigenvalue weighted by molar-refractivity contribution is 0.618. The van der Waals surface area contributed by atoms with Crippen LogP contribution in [0.2, 0.25) is 0 Å².